The molecule has 2 rings (SSSR count). The highest BCUT2D eigenvalue weighted by atomic mass is 16.5. The van der Waals surface area contributed by atoms with E-state index in [0.717, 1.165) is 5.56 Å². The molecule has 2 heterocycles. The maximum atomic E-state index is 11.8. The highest BCUT2D eigenvalue weighted by molar-refractivity contribution is 5.89. The molecular formula is C15H15N3O3. The number of hydrogen-bond donors (Lipinski definition) is 1. The van der Waals surface area contributed by atoms with Crippen molar-refractivity contribution < 1.29 is 14.3 Å². The van der Waals surface area contributed by atoms with Crippen LogP contribution in [0, 0.1) is 0 Å². The summed E-state index contributed by atoms with van der Waals surface area (Å²) < 4.78 is 4.64. The van der Waals surface area contributed by atoms with Crippen LogP contribution in [-0.2, 0) is 22.5 Å². The summed E-state index contributed by atoms with van der Waals surface area (Å²) in [5.41, 5.74) is 1.89. The largest absolute Gasteiger partial charge is 0.465 e. The molecule has 0 saturated carbocycles. The number of carbonyl (C=O) groups is 2. The lowest BCUT2D eigenvalue weighted by Crippen LogP contribution is -2.25. The van der Waals surface area contributed by atoms with E-state index < -0.39 is 5.97 Å². The Kier molecular flexibility index (Phi) is 4.98. The number of methoxy groups -OCH3 is 1. The molecule has 1 N–H and O–H groups in total. The minimum Gasteiger partial charge on any atom is -0.465 e. The van der Waals surface area contributed by atoms with E-state index in [1.165, 1.54) is 13.3 Å². The molecule has 0 aromatic carbocycles. The Morgan fingerprint density at radius 3 is 2.67 bits per heavy atom. The maximum absolute atomic E-state index is 11.8. The zero-order chi connectivity index (χ0) is 15.1. The fraction of sp³-hybridized carbons (Fsp3) is 0.200. The van der Waals surface area contributed by atoms with Gasteiger partial charge in [-0.15, -0.1) is 0 Å². The van der Waals surface area contributed by atoms with Crippen molar-refractivity contribution >= 4 is 11.9 Å². The lowest BCUT2D eigenvalue weighted by molar-refractivity contribution is -0.120. The van der Waals surface area contributed by atoms with Gasteiger partial charge in [0.2, 0.25) is 5.91 Å². The lowest BCUT2D eigenvalue weighted by Gasteiger charge is -2.06. The van der Waals surface area contributed by atoms with E-state index in [1.54, 1.807) is 36.7 Å². The van der Waals surface area contributed by atoms with Crippen molar-refractivity contribution in [2.45, 2.75) is 13.0 Å². The molecule has 1 amide bonds. The molecule has 0 atom stereocenters. The Hall–Kier alpha value is -2.76. The predicted octanol–water partition coefficient (Wildman–Crippen LogP) is 1.12. The van der Waals surface area contributed by atoms with Crippen LogP contribution in [0.4, 0.5) is 0 Å². The second kappa shape index (κ2) is 7.14. The fourth-order valence-electron chi connectivity index (χ4n) is 1.76. The van der Waals surface area contributed by atoms with Crippen LogP contribution >= 0.6 is 0 Å². The fourth-order valence-corrected chi connectivity index (χ4v) is 1.76. The number of esters is 1. The molecule has 21 heavy (non-hydrogen) atoms. The number of carbonyl (C=O) groups excluding carboxylic acids is 2. The van der Waals surface area contributed by atoms with Gasteiger partial charge in [0.25, 0.3) is 0 Å². The molecule has 0 aliphatic carbocycles. The van der Waals surface area contributed by atoms with Crippen LogP contribution in [0.2, 0.25) is 0 Å². The van der Waals surface area contributed by atoms with Gasteiger partial charge in [0.15, 0.2) is 0 Å². The molecule has 0 aliphatic rings. The number of nitrogens with one attached hydrogen (secondary N) is 1. The Bertz CT molecular complexity index is 629. The number of rotatable bonds is 5. The van der Waals surface area contributed by atoms with Crippen molar-refractivity contribution in [3.63, 3.8) is 0 Å². The first-order chi connectivity index (χ1) is 10.2. The molecule has 0 bridgehead atoms. The smallest absolute Gasteiger partial charge is 0.337 e. The van der Waals surface area contributed by atoms with E-state index in [-0.39, 0.29) is 18.9 Å². The summed E-state index contributed by atoms with van der Waals surface area (Å²) in [6, 6.07) is 6.73. The Labute approximate surface area is 122 Å². The van der Waals surface area contributed by atoms with Crippen molar-refractivity contribution in [2.75, 3.05) is 7.11 Å². The van der Waals surface area contributed by atoms with Crippen LogP contribution in [0.25, 0.3) is 0 Å². The van der Waals surface area contributed by atoms with Gasteiger partial charge < -0.3 is 10.1 Å². The first-order valence-electron chi connectivity index (χ1n) is 6.38. The first-order valence-corrected chi connectivity index (χ1v) is 6.38. The summed E-state index contributed by atoms with van der Waals surface area (Å²) in [7, 11) is 1.32. The Morgan fingerprint density at radius 2 is 1.95 bits per heavy atom. The quantitative estimate of drug-likeness (QED) is 0.833. The van der Waals surface area contributed by atoms with Gasteiger partial charge in [0.1, 0.15) is 0 Å². The minimum atomic E-state index is -0.429. The topological polar surface area (TPSA) is 81.2 Å². The van der Waals surface area contributed by atoms with Gasteiger partial charge in [-0.25, -0.2) is 4.79 Å². The van der Waals surface area contributed by atoms with Crippen LogP contribution in [0.3, 0.4) is 0 Å². The average Bonchev–Trinajstić information content (AvgIpc) is 2.53. The van der Waals surface area contributed by atoms with E-state index in [0.29, 0.717) is 11.3 Å². The van der Waals surface area contributed by atoms with Gasteiger partial charge >= 0.3 is 5.97 Å². The van der Waals surface area contributed by atoms with Crippen molar-refractivity contribution in [2.24, 2.45) is 0 Å². The average molecular weight is 285 g/mol. The van der Waals surface area contributed by atoms with Gasteiger partial charge in [-0.3, -0.25) is 14.8 Å². The molecule has 2 aromatic rings. The number of amides is 1. The summed E-state index contributed by atoms with van der Waals surface area (Å²) >= 11 is 0. The van der Waals surface area contributed by atoms with E-state index in [9.17, 15) is 9.59 Å². The van der Waals surface area contributed by atoms with Crippen LogP contribution < -0.4 is 5.32 Å². The normalized spacial score (nSPS) is 9.95. The molecule has 0 unspecified atom stereocenters. The molecule has 0 fully saturated rings. The van der Waals surface area contributed by atoms with Crippen LogP contribution in [0.1, 0.15) is 21.6 Å². The third-order valence-electron chi connectivity index (χ3n) is 2.82. The van der Waals surface area contributed by atoms with E-state index in [4.69, 9.17) is 0 Å². The van der Waals surface area contributed by atoms with Gasteiger partial charge in [-0.1, -0.05) is 0 Å². The van der Waals surface area contributed by atoms with E-state index >= 15 is 0 Å². The summed E-state index contributed by atoms with van der Waals surface area (Å²) in [5, 5.41) is 2.76. The van der Waals surface area contributed by atoms with Crippen LogP contribution in [-0.4, -0.2) is 29.0 Å². The summed E-state index contributed by atoms with van der Waals surface area (Å²) in [5.74, 6) is -0.548. The molecule has 0 saturated heterocycles. The predicted molar refractivity (Wildman–Crippen MR) is 75.4 cm³/mol. The highest BCUT2D eigenvalue weighted by Gasteiger charge is 2.08. The molecule has 2 aromatic heterocycles. The third kappa shape index (κ3) is 4.38. The van der Waals surface area contributed by atoms with Gasteiger partial charge in [0, 0.05) is 18.6 Å². The molecule has 0 aliphatic heterocycles. The van der Waals surface area contributed by atoms with Crippen molar-refractivity contribution in [1.82, 2.24) is 15.3 Å². The zero-order valence-electron chi connectivity index (χ0n) is 11.6. The van der Waals surface area contributed by atoms with Crippen LogP contribution in [0.5, 0.6) is 0 Å². The Balaban J connectivity index is 1.91. The highest BCUT2D eigenvalue weighted by Crippen LogP contribution is 2.04. The SMILES string of the molecule is COC(=O)c1ccnc(CNC(=O)Cc2ccncc2)c1. The second-order valence-electron chi connectivity index (χ2n) is 4.34. The Morgan fingerprint density at radius 1 is 1.19 bits per heavy atom. The maximum Gasteiger partial charge on any atom is 0.337 e. The van der Waals surface area contributed by atoms with Crippen molar-refractivity contribution in [1.29, 1.82) is 0 Å². The summed E-state index contributed by atoms with van der Waals surface area (Å²) in [6.07, 6.45) is 5.07. The molecule has 0 spiro atoms. The van der Waals surface area contributed by atoms with Crippen molar-refractivity contribution in [3.05, 3.63) is 59.7 Å². The standard InChI is InChI=1S/C15H15N3O3/c1-21-15(20)12-4-7-17-13(9-12)10-18-14(19)8-11-2-5-16-6-3-11/h2-7,9H,8,10H2,1H3,(H,18,19). The minimum absolute atomic E-state index is 0.119. The summed E-state index contributed by atoms with van der Waals surface area (Å²) in [4.78, 5) is 31.2. The summed E-state index contributed by atoms with van der Waals surface area (Å²) in [6.45, 7) is 0.259. The first kappa shape index (κ1) is 14.6. The lowest BCUT2D eigenvalue weighted by atomic mass is 10.2. The molecule has 6 nitrogen and oxygen atoms in total. The zero-order valence-corrected chi connectivity index (χ0v) is 11.6. The number of pyridine rings is 2. The number of nitrogens with zero attached hydrogens (tertiary/aromatic N) is 2. The molecule has 108 valence electrons. The number of ether oxygens (including phenoxy) is 1. The second-order valence-corrected chi connectivity index (χ2v) is 4.34. The third-order valence-corrected chi connectivity index (χ3v) is 2.82. The van der Waals surface area contributed by atoms with Gasteiger partial charge in [0.05, 0.1) is 31.3 Å². The molecule has 6 heteroatoms. The van der Waals surface area contributed by atoms with Crippen LogP contribution in [0.15, 0.2) is 42.9 Å². The molecular weight excluding hydrogens is 270 g/mol. The number of hydrogen-bond acceptors (Lipinski definition) is 5. The van der Waals surface area contributed by atoms with Gasteiger partial charge in [-0.2, -0.15) is 0 Å². The van der Waals surface area contributed by atoms with Gasteiger partial charge in [-0.05, 0) is 29.8 Å². The number of aromatic nitrogens is 2. The van der Waals surface area contributed by atoms with E-state index in [2.05, 4.69) is 20.0 Å². The van der Waals surface area contributed by atoms with Crippen molar-refractivity contribution in [3.8, 4) is 0 Å². The monoisotopic (exact) mass is 285 g/mol. The molecule has 0 radical (unpaired) electrons. The van der Waals surface area contributed by atoms with E-state index in [1.807, 2.05) is 0 Å².